The minimum Gasteiger partial charge on any atom is -0.353 e. The summed E-state index contributed by atoms with van der Waals surface area (Å²) in [6.45, 7) is 2.47. The van der Waals surface area contributed by atoms with Gasteiger partial charge in [0.25, 0.3) is 0 Å². The summed E-state index contributed by atoms with van der Waals surface area (Å²) in [7, 11) is 1.78. The van der Waals surface area contributed by atoms with E-state index in [0.29, 0.717) is 34.5 Å². The predicted molar refractivity (Wildman–Crippen MR) is 91.0 cm³/mol. The number of benzene rings is 1. The van der Waals surface area contributed by atoms with E-state index in [1.54, 1.807) is 23.9 Å². The highest BCUT2D eigenvalue weighted by molar-refractivity contribution is 6.30. The van der Waals surface area contributed by atoms with Gasteiger partial charge in [-0.15, -0.1) is 5.10 Å². The van der Waals surface area contributed by atoms with Crippen molar-refractivity contribution in [3.05, 3.63) is 29.3 Å². The number of aryl methyl sites for hydroxylation is 1. The summed E-state index contributed by atoms with van der Waals surface area (Å²) in [6.07, 6.45) is 0. The smallest absolute Gasteiger partial charge is 0.226 e. The number of fused-ring (bicyclic) bond motifs is 1. The summed E-state index contributed by atoms with van der Waals surface area (Å²) < 4.78 is 1.60. The van der Waals surface area contributed by atoms with E-state index in [1.807, 2.05) is 19.1 Å². The zero-order chi connectivity index (χ0) is 16.4. The lowest BCUT2D eigenvalue weighted by molar-refractivity contribution is 0.729. The Balaban J connectivity index is 1.98. The van der Waals surface area contributed by atoms with E-state index in [-0.39, 0.29) is 6.04 Å². The van der Waals surface area contributed by atoms with Gasteiger partial charge in [-0.1, -0.05) is 16.8 Å². The van der Waals surface area contributed by atoms with Gasteiger partial charge in [-0.05, 0) is 31.2 Å². The number of nitrogens with zero attached hydrogens (tertiary/aromatic N) is 5. The van der Waals surface area contributed by atoms with Gasteiger partial charge in [0.15, 0.2) is 17.0 Å². The third kappa shape index (κ3) is 3.49. The molecule has 0 radical (unpaired) electrons. The second-order valence-electron chi connectivity index (χ2n) is 5.27. The van der Waals surface area contributed by atoms with Crippen molar-refractivity contribution in [3.63, 3.8) is 0 Å². The van der Waals surface area contributed by atoms with Gasteiger partial charge >= 0.3 is 0 Å². The molecule has 2 heterocycles. The first-order valence-electron chi connectivity index (χ1n) is 7.12. The summed E-state index contributed by atoms with van der Waals surface area (Å²) in [5.74, 6) is 1.04. The lowest BCUT2D eigenvalue weighted by atomic mass is 10.3. The molecule has 0 amide bonds. The van der Waals surface area contributed by atoms with Crippen molar-refractivity contribution in [1.29, 1.82) is 0 Å². The van der Waals surface area contributed by atoms with E-state index in [2.05, 4.69) is 30.9 Å². The number of nitrogens with two attached hydrogens (primary N) is 1. The Morgan fingerprint density at radius 2 is 2.00 bits per heavy atom. The van der Waals surface area contributed by atoms with Gasteiger partial charge in [0.1, 0.15) is 0 Å². The molecule has 0 aliphatic rings. The molecule has 1 unspecified atom stereocenters. The van der Waals surface area contributed by atoms with Crippen LogP contribution < -0.4 is 16.4 Å². The summed E-state index contributed by atoms with van der Waals surface area (Å²) in [4.78, 5) is 8.89. The van der Waals surface area contributed by atoms with Gasteiger partial charge < -0.3 is 16.4 Å². The van der Waals surface area contributed by atoms with Crippen molar-refractivity contribution >= 4 is 40.2 Å². The molecular weight excluding hydrogens is 316 g/mol. The molecule has 23 heavy (non-hydrogen) atoms. The number of halogens is 1. The second kappa shape index (κ2) is 6.35. The molecule has 9 heteroatoms. The molecule has 1 atom stereocenters. The van der Waals surface area contributed by atoms with Crippen molar-refractivity contribution in [2.45, 2.75) is 13.0 Å². The SMILES string of the molecule is CC(N)CNc1nc(Nc2ccc(Cl)cc2)c2nnn(C)c2n1. The van der Waals surface area contributed by atoms with Gasteiger partial charge in [-0.3, -0.25) is 0 Å². The minimum absolute atomic E-state index is 0.00775. The zero-order valence-corrected chi connectivity index (χ0v) is 13.5. The third-order valence-corrected chi connectivity index (χ3v) is 3.39. The van der Waals surface area contributed by atoms with Gasteiger partial charge in [-0.25, -0.2) is 4.68 Å². The fourth-order valence-corrected chi connectivity index (χ4v) is 2.13. The first-order valence-corrected chi connectivity index (χ1v) is 7.50. The molecule has 0 aliphatic heterocycles. The van der Waals surface area contributed by atoms with Crippen LogP contribution in [0.3, 0.4) is 0 Å². The first kappa shape index (κ1) is 15.4. The van der Waals surface area contributed by atoms with Crippen molar-refractivity contribution in [2.24, 2.45) is 12.8 Å². The number of hydrogen-bond donors (Lipinski definition) is 3. The van der Waals surface area contributed by atoms with Crippen LogP contribution in [0.1, 0.15) is 6.92 Å². The fourth-order valence-electron chi connectivity index (χ4n) is 2.00. The van der Waals surface area contributed by atoms with Gasteiger partial charge in [0.2, 0.25) is 5.95 Å². The summed E-state index contributed by atoms with van der Waals surface area (Å²) >= 11 is 5.91. The lowest BCUT2D eigenvalue weighted by Crippen LogP contribution is -2.26. The largest absolute Gasteiger partial charge is 0.353 e. The highest BCUT2D eigenvalue weighted by atomic mass is 35.5. The Morgan fingerprint density at radius 1 is 1.26 bits per heavy atom. The third-order valence-electron chi connectivity index (χ3n) is 3.14. The summed E-state index contributed by atoms with van der Waals surface area (Å²) in [5, 5.41) is 15.1. The Bertz CT molecular complexity index is 812. The molecule has 120 valence electrons. The maximum absolute atomic E-state index is 5.91. The Labute approximate surface area is 138 Å². The van der Waals surface area contributed by atoms with E-state index < -0.39 is 0 Å². The molecule has 0 fully saturated rings. The van der Waals surface area contributed by atoms with E-state index in [9.17, 15) is 0 Å². The van der Waals surface area contributed by atoms with Crippen LogP contribution >= 0.6 is 11.6 Å². The van der Waals surface area contributed by atoms with E-state index in [0.717, 1.165) is 5.69 Å². The number of hydrogen-bond acceptors (Lipinski definition) is 7. The molecule has 3 rings (SSSR count). The number of nitrogens with one attached hydrogen (secondary N) is 2. The topological polar surface area (TPSA) is 107 Å². The normalized spacial score (nSPS) is 12.3. The Hall–Kier alpha value is -2.45. The maximum Gasteiger partial charge on any atom is 0.226 e. The van der Waals surface area contributed by atoms with Crippen LogP contribution in [0.15, 0.2) is 24.3 Å². The van der Waals surface area contributed by atoms with Gasteiger partial charge in [0, 0.05) is 30.3 Å². The molecule has 0 aliphatic carbocycles. The van der Waals surface area contributed by atoms with Crippen LogP contribution in [0.4, 0.5) is 17.5 Å². The quantitative estimate of drug-likeness (QED) is 0.655. The summed E-state index contributed by atoms with van der Waals surface area (Å²) in [6, 6.07) is 7.32. The highest BCUT2D eigenvalue weighted by Crippen LogP contribution is 2.24. The first-order chi connectivity index (χ1) is 11.0. The average Bonchev–Trinajstić information content (AvgIpc) is 2.89. The molecule has 2 aromatic heterocycles. The van der Waals surface area contributed by atoms with E-state index in [4.69, 9.17) is 17.3 Å². The Morgan fingerprint density at radius 3 is 2.70 bits per heavy atom. The lowest BCUT2D eigenvalue weighted by Gasteiger charge is -2.10. The van der Waals surface area contributed by atoms with Crippen molar-refractivity contribution in [1.82, 2.24) is 25.0 Å². The number of rotatable bonds is 5. The molecule has 0 spiro atoms. The molecular formula is C14H17ClN8. The molecule has 0 bridgehead atoms. The average molecular weight is 333 g/mol. The predicted octanol–water partition coefficient (Wildman–Crippen LogP) is 1.91. The summed E-state index contributed by atoms with van der Waals surface area (Å²) in [5.41, 5.74) is 7.83. The Kier molecular flexibility index (Phi) is 4.26. The minimum atomic E-state index is -0.00775. The van der Waals surface area contributed by atoms with Gasteiger partial charge in [-0.2, -0.15) is 9.97 Å². The second-order valence-corrected chi connectivity index (χ2v) is 5.71. The standard InChI is InChI=1S/C14H17ClN8/c1-8(16)7-17-14-19-12(11-13(20-14)23(2)22-21-11)18-10-5-3-9(15)4-6-10/h3-6,8H,7,16H2,1-2H3,(H2,17,18,19,20). The van der Waals surface area contributed by atoms with Crippen molar-refractivity contribution in [3.8, 4) is 0 Å². The molecule has 4 N–H and O–H groups in total. The van der Waals surface area contributed by atoms with E-state index >= 15 is 0 Å². The number of aromatic nitrogens is 5. The highest BCUT2D eigenvalue weighted by Gasteiger charge is 2.13. The zero-order valence-electron chi connectivity index (χ0n) is 12.8. The molecule has 0 saturated carbocycles. The van der Waals surface area contributed by atoms with Crippen LogP contribution in [0.5, 0.6) is 0 Å². The van der Waals surface area contributed by atoms with Gasteiger partial charge in [0.05, 0.1) is 0 Å². The van der Waals surface area contributed by atoms with E-state index in [1.165, 1.54) is 0 Å². The van der Waals surface area contributed by atoms with Crippen LogP contribution in [-0.4, -0.2) is 37.5 Å². The van der Waals surface area contributed by atoms with Crippen LogP contribution in [0.25, 0.3) is 11.2 Å². The van der Waals surface area contributed by atoms with Crippen LogP contribution in [-0.2, 0) is 7.05 Å². The van der Waals surface area contributed by atoms with Crippen molar-refractivity contribution in [2.75, 3.05) is 17.2 Å². The number of anilines is 3. The maximum atomic E-state index is 5.91. The van der Waals surface area contributed by atoms with Crippen molar-refractivity contribution < 1.29 is 0 Å². The van der Waals surface area contributed by atoms with Crippen LogP contribution in [0.2, 0.25) is 5.02 Å². The fraction of sp³-hybridized carbons (Fsp3) is 0.286. The molecule has 3 aromatic rings. The monoisotopic (exact) mass is 332 g/mol. The van der Waals surface area contributed by atoms with Crippen LogP contribution in [0, 0.1) is 0 Å². The molecule has 1 aromatic carbocycles. The molecule has 0 saturated heterocycles. The molecule has 8 nitrogen and oxygen atoms in total.